The van der Waals surface area contributed by atoms with E-state index in [0.29, 0.717) is 17.9 Å². The summed E-state index contributed by atoms with van der Waals surface area (Å²) < 4.78 is 48.1. The van der Waals surface area contributed by atoms with Gasteiger partial charge in [-0.25, -0.2) is 0 Å². The lowest BCUT2D eigenvalue weighted by Gasteiger charge is -2.25. The summed E-state index contributed by atoms with van der Waals surface area (Å²) in [6.45, 7) is 4.26. The Hall–Kier alpha value is -4.34. The first kappa shape index (κ1) is 25.7. The van der Waals surface area contributed by atoms with Gasteiger partial charge in [-0.1, -0.05) is 19.1 Å². The van der Waals surface area contributed by atoms with E-state index in [9.17, 15) is 27.9 Å². The van der Waals surface area contributed by atoms with Crippen molar-refractivity contribution in [3.05, 3.63) is 89.3 Å². The average molecular weight is 512 g/mol. The molecule has 7 nitrogen and oxygen atoms in total. The van der Waals surface area contributed by atoms with Crippen molar-refractivity contribution in [3.8, 4) is 11.5 Å². The predicted octanol–water partition coefficient (Wildman–Crippen LogP) is 5.70. The monoisotopic (exact) mass is 512 g/mol. The molecule has 1 aliphatic heterocycles. The fourth-order valence-electron chi connectivity index (χ4n) is 4.07. The Labute approximate surface area is 210 Å². The maximum Gasteiger partial charge on any atom is 0.573 e. The molecule has 1 unspecified atom stereocenters. The van der Waals surface area contributed by atoms with Crippen LogP contribution in [0.1, 0.15) is 36.2 Å². The van der Waals surface area contributed by atoms with E-state index in [-0.39, 0.29) is 22.5 Å². The Morgan fingerprint density at radius 1 is 1.08 bits per heavy atom. The van der Waals surface area contributed by atoms with Crippen molar-refractivity contribution in [3.63, 3.8) is 0 Å². The molecule has 0 aliphatic carbocycles. The van der Waals surface area contributed by atoms with Crippen LogP contribution in [0, 0.1) is 6.92 Å². The molecule has 1 saturated heterocycles. The van der Waals surface area contributed by atoms with E-state index < -0.39 is 35.6 Å². The number of hydrogen-bond donors (Lipinski definition) is 1. The molecule has 0 radical (unpaired) electrons. The molecule has 10 heteroatoms. The number of benzene rings is 2. The molecule has 37 heavy (non-hydrogen) atoms. The van der Waals surface area contributed by atoms with Crippen molar-refractivity contribution in [1.29, 1.82) is 0 Å². The van der Waals surface area contributed by atoms with Gasteiger partial charge in [-0.3, -0.25) is 19.5 Å². The zero-order valence-electron chi connectivity index (χ0n) is 20.0. The Balaban J connectivity index is 1.84. The summed E-state index contributed by atoms with van der Waals surface area (Å²) in [5.41, 5.74) is 0.947. The van der Waals surface area contributed by atoms with Gasteiger partial charge in [0.1, 0.15) is 23.3 Å². The summed E-state index contributed by atoms with van der Waals surface area (Å²) in [4.78, 5) is 31.7. The Morgan fingerprint density at radius 2 is 1.86 bits per heavy atom. The van der Waals surface area contributed by atoms with Gasteiger partial charge in [0.15, 0.2) is 0 Å². The molecule has 1 aliphatic rings. The van der Waals surface area contributed by atoms with Crippen molar-refractivity contribution in [2.24, 2.45) is 0 Å². The largest absolute Gasteiger partial charge is 0.573 e. The number of carbonyl (C=O) groups excluding carboxylic acids is 2. The highest BCUT2D eigenvalue weighted by molar-refractivity contribution is 6.51. The lowest BCUT2D eigenvalue weighted by Crippen LogP contribution is -2.30. The first-order valence-electron chi connectivity index (χ1n) is 11.4. The molecular formula is C27H23F3N2O5. The summed E-state index contributed by atoms with van der Waals surface area (Å²) in [5, 5.41) is 11.2. The number of aliphatic hydroxyl groups excluding tert-OH is 1. The van der Waals surface area contributed by atoms with Gasteiger partial charge in [-0.05, 0) is 61.4 Å². The van der Waals surface area contributed by atoms with Crippen LogP contribution >= 0.6 is 0 Å². The molecule has 0 spiro atoms. The van der Waals surface area contributed by atoms with E-state index >= 15 is 0 Å². The van der Waals surface area contributed by atoms with Crippen LogP contribution in [0.25, 0.3) is 5.76 Å². The average Bonchev–Trinajstić information content (AvgIpc) is 3.13. The van der Waals surface area contributed by atoms with Gasteiger partial charge in [0.05, 0.1) is 17.9 Å². The van der Waals surface area contributed by atoms with Crippen LogP contribution in [-0.4, -0.2) is 34.8 Å². The number of ketones is 1. The topological polar surface area (TPSA) is 89.0 Å². The predicted molar refractivity (Wildman–Crippen MR) is 129 cm³/mol. The number of aromatic nitrogens is 1. The molecule has 192 valence electrons. The van der Waals surface area contributed by atoms with Crippen LogP contribution in [0.5, 0.6) is 11.5 Å². The normalized spacial score (nSPS) is 17.2. The summed E-state index contributed by atoms with van der Waals surface area (Å²) in [7, 11) is 0. The summed E-state index contributed by atoms with van der Waals surface area (Å²) >= 11 is 0. The smallest absolute Gasteiger partial charge is 0.507 e. The van der Waals surface area contributed by atoms with Crippen molar-refractivity contribution in [2.45, 2.75) is 32.7 Å². The third-order valence-electron chi connectivity index (χ3n) is 5.65. The molecule has 1 aromatic heterocycles. The van der Waals surface area contributed by atoms with Crippen LogP contribution in [0.2, 0.25) is 0 Å². The summed E-state index contributed by atoms with van der Waals surface area (Å²) in [6, 6.07) is 13.2. The quantitative estimate of drug-likeness (QED) is 0.248. The van der Waals surface area contributed by atoms with Gasteiger partial charge in [-0.15, -0.1) is 13.2 Å². The number of anilines is 1. The number of hydrogen-bond acceptors (Lipinski definition) is 6. The zero-order chi connectivity index (χ0) is 26.7. The van der Waals surface area contributed by atoms with Crippen LogP contribution in [0.3, 0.4) is 0 Å². The third-order valence-corrected chi connectivity index (χ3v) is 5.65. The second kappa shape index (κ2) is 10.3. The molecule has 2 heterocycles. The minimum Gasteiger partial charge on any atom is -0.507 e. The van der Waals surface area contributed by atoms with Crippen molar-refractivity contribution >= 4 is 23.1 Å². The van der Waals surface area contributed by atoms with Crippen LogP contribution in [0.15, 0.2) is 72.4 Å². The SMILES string of the molecule is CCCOc1ccc(/C(O)=C2\C(=O)C(=O)N(c3cccc(OC(F)(F)F)c3)C2c2ccccn2)cc1C. The number of amides is 1. The molecule has 1 N–H and O–H groups in total. The number of carbonyl (C=O) groups is 2. The second-order valence-corrected chi connectivity index (χ2v) is 8.30. The maximum absolute atomic E-state index is 13.2. The molecular weight excluding hydrogens is 489 g/mol. The molecule has 2 aromatic carbocycles. The second-order valence-electron chi connectivity index (χ2n) is 8.30. The number of nitrogens with zero attached hydrogens (tertiary/aromatic N) is 2. The van der Waals surface area contributed by atoms with Gasteiger partial charge in [0.25, 0.3) is 11.7 Å². The number of ether oxygens (including phenoxy) is 2. The number of Topliss-reactive ketones (excluding diaryl/α,β-unsaturated/α-hetero) is 1. The van der Waals surface area contributed by atoms with E-state index in [1.807, 2.05) is 6.92 Å². The number of alkyl halides is 3. The van der Waals surface area contributed by atoms with E-state index in [0.717, 1.165) is 23.5 Å². The van der Waals surface area contributed by atoms with Crippen molar-refractivity contribution in [2.75, 3.05) is 11.5 Å². The van der Waals surface area contributed by atoms with Gasteiger partial charge in [0, 0.05) is 23.5 Å². The molecule has 1 fully saturated rings. The molecule has 1 atom stereocenters. The van der Waals surface area contributed by atoms with Gasteiger partial charge in [0.2, 0.25) is 0 Å². The van der Waals surface area contributed by atoms with Crippen molar-refractivity contribution < 1.29 is 37.3 Å². The van der Waals surface area contributed by atoms with E-state index in [2.05, 4.69) is 9.72 Å². The molecule has 4 rings (SSSR count). The first-order valence-corrected chi connectivity index (χ1v) is 11.4. The number of pyridine rings is 1. The highest BCUT2D eigenvalue weighted by Gasteiger charge is 2.48. The third kappa shape index (κ3) is 5.42. The minimum atomic E-state index is -4.95. The van der Waals surface area contributed by atoms with Crippen LogP contribution in [0.4, 0.5) is 18.9 Å². The molecule has 3 aromatic rings. The van der Waals surface area contributed by atoms with E-state index in [1.165, 1.54) is 18.3 Å². The fourth-order valence-corrected chi connectivity index (χ4v) is 4.07. The van der Waals surface area contributed by atoms with Gasteiger partial charge in [-0.2, -0.15) is 0 Å². The lowest BCUT2D eigenvalue weighted by molar-refractivity contribution is -0.274. The van der Waals surface area contributed by atoms with Crippen LogP contribution < -0.4 is 14.4 Å². The zero-order valence-corrected chi connectivity index (χ0v) is 20.0. The first-order chi connectivity index (χ1) is 17.6. The lowest BCUT2D eigenvalue weighted by atomic mass is 9.97. The molecule has 1 amide bonds. The minimum absolute atomic E-state index is 0.0296. The highest BCUT2D eigenvalue weighted by atomic mass is 19.4. The summed E-state index contributed by atoms with van der Waals surface area (Å²) in [5.74, 6) is -2.42. The Kier molecular flexibility index (Phi) is 7.19. The standard InChI is InChI=1S/C27H23F3N2O5/c1-3-13-36-21-11-10-17(14-16(21)2)24(33)22-23(20-9-4-5-12-31-20)32(26(35)25(22)34)18-7-6-8-19(15-18)37-27(28,29)30/h4-12,14-15,23,33H,3,13H2,1-2H3/b24-22+. The highest BCUT2D eigenvalue weighted by Crippen LogP contribution is 2.42. The van der Waals surface area contributed by atoms with Crippen molar-refractivity contribution in [1.82, 2.24) is 4.98 Å². The number of halogens is 3. The Bertz CT molecular complexity index is 1360. The number of aliphatic hydroxyl groups is 1. The number of aryl methyl sites for hydroxylation is 1. The maximum atomic E-state index is 13.2. The van der Waals surface area contributed by atoms with E-state index in [1.54, 1.807) is 43.3 Å². The molecule has 0 saturated carbocycles. The Morgan fingerprint density at radius 3 is 2.51 bits per heavy atom. The molecule has 0 bridgehead atoms. The summed E-state index contributed by atoms with van der Waals surface area (Å²) in [6.07, 6.45) is -2.69. The fraction of sp³-hybridized carbons (Fsp3) is 0.222. The number of rotatable bonds is 7. The van der Waals surface area contributed by atoms with Crippen LogP contribution in [-0.2, 0) is 9.59 Å². The van der Waals surface area contributed by atoms with Gasteiger partial charge < -0.3 is 14.6 Å². The van der Waals surface area contributed by atoms with E-state index in [4.69, 9.17) is 4.74 Å². The van der Waals surface area contributed by atoms with Gasteiger partial charge >= 0.3 is 6.36 Å².